The number of fused-ring (bicyclic) bond motifs is 5. The third-order valence-corrected chi connectivity index (χ3v) is 9.13. The minimum absolute atomic E-state index is 0.0978. The minimum atomic E-state index is -1.03. The zero-order chi connectivity index (χ0) is 17.3. The first-order valence-corrected chi connectivity index (χ1v) is 10.1. The predicted octanol–water partition coefficient (Wildman–Crippen LogP) is 4.54. The molecule has 4 rings (SSSR count). The van der Waals surface area contributed by atoms with Crippen LogP contribution in [0.4, 0.5) is 4.39 Å². The highest BCUT2D eigenvalue weighted by molar-refractivity contribution is 5.79. The average Bonchev–Trinajstić information content (AvgIpc) is 2.86. The lowest BCUT2D eigenvalue weighted by Gasteiger charge is -2.61. The zero-order valence-corrected chi connectivity index (χ0v) is 15.4. The van der Waals surface area contributed by atoms with Crippen LogP contribution >= 0.6 is 0 Å². The molecule has 0 amide bonds. The van der Waals surface area contributed by atoms with E-state index in [0.29, 0.717) is 42.3 Å². The molecule has 4 fully saturated rings. The van der Waals surface area contributed by atoms with Crippen molar-refractivity contribution < 1.29 is 14.3 Å². The van der Waals surface area contributed by atoms with Gasteiger partial charge in [0.05, 0.1) is 6.10 Å². The van der Waals surface area contributed by atoms with E-state index in [-0.39, 0.29) is 16.7 Å². The molecule has 3 heteroatoms. The molecule has 0 radical (unpaired) electrons. The maximum atomic E-state index is 14.1. The molecule has 1 N–H and O–H groups in total. The largest absolute Gasteiger partial charge is 0.390 e. The van der Waals surface area contributed by atoms with E-state index in [1.165, 1.54) is 12.8 Å². The van der Waals surface area contributed by atoms with E-state index < -0.39 is 12.3 Å². The molecule has 2 nitrogen and oxygen atoms in total. The lowest BCUT2D eigenvalue weighted by Crippen LogP contribution is -2.56. The van der Waals surface area contributed by atoms with Crippen molar-refractivity contribution in [3.8, 4) is 0 Å². The molecule has 9 atom stereocenters. The fourth-order valence-corrected chi connectivity index (χ4v) is 7.92. The second kappa shape index (κ2) is 5.53. The number of carbonyl (C=O) groups excluding carboxylic acids is 1. The van der Waals surface area contributed by atoms with E-state index in [4.69, 9.17) is 0 Å². The summed E-state index contributed by atoms with van der Waals surface area (Å²) in [6.45, 7) is 6.49. The van der Waals surface area contributed by atoms with Gasteiger partial charge in [-0.25, -0.2) is 4.39 Å². The number of aliphatic hydroxyl groups excluding tert-OH is 1. The van der Waals surface area contributed by atoms with Crippen LogP contribution in [0.15, 0.2) is 0 Å². The minimum Gasteiger partial charge on any atom is -0.390 e. The summed E-state index contributed by atoms with van der Waals surface area (Å²) in [5.74, 6) is 3.02. The normalized spacial score (nSPS) is 57.0. The summed E-state index contributed by atoms with van der Waals surface area (Å²) in [5, 5.41) is 10.2. The summed E-state index contributed by atoms with van der Waals surface area (Å²) in [4.78, 5) is 12.2. The Hall–Kier alpha value is -0.440. The molecule has 4 aliphatic carbocycles. The molecule has 0 aromatic rings. The van der Waals surface area contributed by atoms with Gasteiger partial charge in [-0.05, 0) is 92.8 Å². The van der Waals surface area contributed by atoms with Crippen LogP contribution in [0.5, 0.6) is 0 Å². The number of alkyl halides is 1. The van der Waals surface area contributed by atoms with Crippen LogP contribution in [0, 0.1) is 40.4 Å². The molecular weight excluding hydrogens is 303 g/mol. The van der Waals surface area contributed by atoms with E-state index in [1.807, 2.05) is 0 Å². The summed E-state index contributed by atoms with van der Waals surface area (Å²) >= 11 is 0. The Morgan fingerprint density at radius 1 is 1.04 bits per heavy atom. The third kappa shape index (κ3) is 2.19. The van der Waals surface area contributed by atoms with Gasteiger partial charge in [0.15, 0.2) is 0 Å². The number of hydrogen-bond donors (Lipinski definition) is 1. The molecule has 0 spiro atoms. The Kier molecular flexibility index (Phi) is 3.91. The molecule has 0 saturated heterocycles. The Labute approximate surface area is 145 Å². The fraction of sp³-hybridized carbons (Fsp3) is 0.952. The van der Waals surface area contributed by atoms with Crippen LogP contribution in [0.1, 0.15) is 72.1 Å². The topological polar surface area (TPSA) is 37.3 Å². The summed E-state index contributed by atoms with van der Waals surface area (Å²) in [7, 11) is 0. The van der Waals surface area contributed by atoms with Crippen LogP contribution in [-0.2, 0) is 4.79 Å². The van der Waals surface area contributed by atoms with Crippen LogP contribution in [0.25, 0.3) is 0 Å². The zero-order valence-electron chi connectivity index (χ0n) is 15.4. The summed E-state index contributed by atoms with van der Waals surface area (Å²) in [5.41, 5.74) is 0.284. The van der Waals surface area contributed by atoms with Crippen molar-refractivity contribution in [1.82, 2.24) is 0 Å². The van der Waals surface area contributed by atoms with E-state index in [1.54, 1.807) is 6.92 Å². The molecule has 0 heterocycles. The van der Waals surface area contributed by atoms with Gasteiger partial charge >= 0.3 is 0 Å². The highest BCUT2D eigenvalue weighted by Gasteiger charge is 2.61. The van der Waals surface area contributed by atoms with Gasteiger partial charge in [-0.2, -0.15) is 0 Å². The van der Waals surface area contributed by atoms with Crippen molar-refractivity contribution in [3.63, 3.8) is 0 Å². The standard InChI is InChI=1S/C21H33FO2/c1-12(23)15-6-7-16-14-5-4-13-10-18(22)19(24)11-21(13,3)17(14)8-9-20(15,16)2/h13-19,24H,4-11H2,1-3H3/t13-,14-,15+,16-,17-,18-,19-,20+,21-/m0/s1. The second-order valence-corrected chi connectivity index (χ2v) is 9.97. The maximum Gasteiger partial charge on any atom is 0.133 e. The maximum absolute atomic E-state index is 14.1. The van der Waals surface area contributed by atoms with Crippen LogP contribution in [0.2, 0.25) is 0 Å². The summed E-state index contributed by atoms with van der Waals surface area (Å²) in [6.07, 6.45) is 6.28. The van der Waals surface area contributed by atoms with Gasteiger partial charge in [0.25, 0.3) is 0 Å². The molecule has 0 aromatic carbocycles. The molecule has 0 unspecified atom stereocenters. The lowest BCUT2D eigenvalue weighted by molar-refractivity contribution is -0.150. The molecule has 0 aromatic heterocycles. The number of aliphatic hydroxyl groups is 1. The lowest BCUT2D eigenvalue weighted by atomic mass is 9.44. The molecule has 136 valence electrons. The number of carbonyl (C=O) groups is 1. The number of rotatable bonds is 1. The molecule has 24 heavy (non-hydrogen) atoms. The Bertz CT molecular complexity index is 534. The first kappa shape index (κ1) is 17.0. The van der Waals surface area contributed by atoms with Gasteiger partial charge in [-0.3, -0.25) is 4.79 Å². The van der Waals surface area contributed by atoms with E-state index in [0.717, 1.165) is 25.7 Å². The van der Waals surface area contributed by atoms with E-state index in [9.17, 15) is 14.3 Å². The van der Waals surface area contributed by atoms with Gasteiger partial charge in [-0.1, -0.05) is 13.8 Å². The molecule has 0 bridgehead atoms. The Morgan fingerprint density at radius 2 is 1.75 bits per heavy atom. The number of hydrogen-bond acceptors (Lipinski definition) is 2. The van der Waals surface area contributed by atoms with Crippen molar-refractivity contribution in [3.05, 3.63) is 0 Å². The van der Waals surface area contributed by atoms with Gasteiger partial charge in [0.1, 0.15) is 12.0 Å². The highest BCUT2D eigenvalue weighted by atomic mass is 19.1. The van der Waals surface area contributed by atoms with Crippen molar-refractivity contribution in [2.75, 3.05) is 0 Å². The fourth-order valence-electron chi connectivity index (χ4n) is 7.92. The number of Topliss-reactive ketones (excluding diaryl/α,β-unsaturated/α-hetero) is 1. The van der Waals surface area contributed by atoms with Crippen molar-refractivity contribution >= 4 is 5.78 Å². The van der Waals surface area contributed by atoms with E-state index in [2.05, 4.69) is 13.8 Å². The predicted molar refractivity (Wildman–Crippen MR) is 92.2 cm³/mol. The van der Waals surface area contributed by atoms with Gasteiger partial charge in [-0.15, -0.1) is 0 Å². The van der Waals surface area contributed by atoms with Crippen LogP contribution in [0.3, 0.4) is 0 Å². The number of halogens is 1. The third-order valence-electron chi connectivity index (χ3n) is 9.13. The van der Waals surface area contributed by atoms with Crippen LogP contribution in [-0.4, -0.2) is 23.2 Å². The van der Waals surface area contributed by atoms with E-state index >= 15 is 0 Å². The van der Waals surface area contributed by atoms with Crippen molar-refractivity contribution in [2.24, 2.45) is 40.4 Å². The van der Waals surface area contributed by atoms with Crippen LogP contribution < -0.4 is 0 Å². The molecule has 4 saturated carbocycles. The first-order valence-electron chi connectivity index (χ1n) is 10.1. The summed E-state index contributed by atoms with van der Waals surface area (Å²) in [6, 6.07) is 0. The monoisotopic (exact) mass is 336 g/mol. The first-order chi connectivity index (χ1) is 11.3. The van der Waals surface area contributed by atoms with Crippen molar-refractivity contribution in [2.45, 2.75) is 84.4 Å². The van der Waals surface area contributed by atoms with Crippen molar-refractivity contribution in [1.29, 1.82) is 0 Å². The average molecular weight is 336 g/mol. The highest BCUT2D eigenvalue weighted by Crippen LogP contribution is 2.67. The molecular formula is C21H33FO2. The quantitative estimate of drug-likeness (QED) is 0.763. The molecule has 4 aliphatic rings. The van der Waals surface area contributed by atoms with Gasteiger partial charge in [0.2, 0.25) is 0 Å². The van der Waals surface area contributed by atoms with Gasteiger partial charge < -0.3 is 5.11 Å². The Balaban J connectivity index is 1.62. The molecule has 0 aliphatic heterocycles. The SMILES string of the molecule is CC(=O)[C@H]1CC[C@H]2[C@@H]3CC[C@H]4C[C@H](F)[C@@H](O)C[C@]4(C)[C@H]3CC[C@]12C. The summed E-state index contributed by atoms with van der Waals surface area (Å²) < 4.78 is 14.1. The second-order valence-electron chi connectivity index (χ2n) is 9.97. The number of ketones is 1. The Morgan fingerprint density at radius 3 is 2.46 bits per heavy atom. The smallest absolute Gasteiger partial charge is 0.133 e. The van der Waals surface area contributed by atoms with Gasteiger partial charge in [0, 0.05) is 5.92 Å².